The molecular formula is C18H41ClN4O2. The van der Waals surface area contributed by atoms with E-state index in [0.717, 1.165) is 51.7 Å². The van der Waals surface area contributed by atoms with E-state index in [-0.39, 0.29) is 32.0 Å². The molecule has 0 aromatic heterocycles. The molecular weight excluding hydrogens is 340 g/mol. The molecule has 0 saturated carbocycles. The van der Waals surface area contributed by atoms with Crippen LogP contribution in [0.4, 0.5) is 4.79 Å². The summed E-state index contributed by atoms with van der Waals surface area (Å²) in [6.45, 7) is 15.9. The van der Waals surface area contributed by atoms with Gasteiger partial charge in [-0.15, -0.1) is 12.4 Å². The quantitative estimate of drug-likeness (QED) is 0.687. The molecule has 0 spiro atoms. The Labute approximate surface area is 161 Å². The Morgan fingerprint density at radius 3 is 2.16 bits per heavy atom. The predicted molar refractivity (Wildman–Crippen MR) is 109 cm³/mol. The van der Waals surface area contributed by atoms with Crippen LogP contribution in [0.5, 0.6) is 0 Å². The van der Waals surface area contributed by atoms with E-state index in [9.17, 15) is 4.79 Å². The summed E-state index contributed by atoms with van der Waals surface area (Å²) < 4.78 is 5.37. The minimum atomic E-state index is -0.403. The highest BCUT2D eigenvalue weighted by molar-refractivity contribution is 5.85. The summed E-state index contributed by atoms with van der Waals surface area (Å²) in [4.78, 5) is 13.7. The molecule has 7 heteroatoms. The van der Waals surface area contributed by atoms with Crippen molar-refractivity contribution in [2.24, 2.45) is 0 Å². The standard InChI is InChI=1S/C11H22N2O2.C6H14N2.CH4.ClH/c1-5-9-8-12-6-7-13(9)10(14)15-11(2,3)4;1-2-6-5-7-3-4-8-6;;/h9,12H,5-8H2,1-4H3;6-8H,2-5H2,1H3;1H4;1H/t9-;6-;;/m00../s1. The molecule has 2 rings (SSSR count). The van der Waals surface area contributed by atoms with Crippen molar-refractivity contribution in [1.29, 1.82) is 0 Å². The predicted octanol–water partition coefficient (Wildman–Crippen LogP) is 2.62. The molecule has 2 heterocycles. The number of carbonyl (C=O) groups excluding carboxylic acids is 1. The molecule has 0 aromatic carbocycles. The zero-order valence-corrected chi connectivity index (χ0v) is 16.8. The number of ether oxygens (including phenoxy) is 1. The van der Waals surface area contributed by atoms with E-state index in [1.165, 1.54) is 6.42 Å². The third kappa shape index (κ3) is 10.9. The molecule has 2 atom stereocenters. The second-order valence-electron chi connectivity index (χ2n) is 7.20. The Kier molecular flexibility index (Phi) is 14.5. The number of nitrogens with one attached hydrogen (secondary N) is 3. The van der Waals surface area contributed by atoms with Crippen molar-refractivity contribution in [2.45, 2.75) is 72.6 Å². The molecule has 2 aliphatic rings. The van der Waals surface area contributed by atoms with E-state index in [1.807, 2.05) is 25.7 Å². The lowest BCUT2D eigenvalue weighted by atomic mass is 10.1. The Hall–Kier alpha value is -0.560. The average Bonchev–Trinajstić information content (AvgIpc) is 2.54. The first-order chi connectivity index (χ1) is 10.9. The summed E-state index contributed by atoms with van der Waals surface area (Å²) >= 11 is 0. The van der Waals surface area contributed by atoms with E-state index in [2.05, 4.69) is 29.8 Å². The lowest BCUT2D eigenvalue weighted by Gasteiger charge is -2.36. The average molecular weight is 381 g/mol. The van der Waals surface area contributed by atoms with E-state index >= 15 is 0 Å². The molecule has 152 valence electrons. The maximum absolute atomic E-state index is 11.9. The molecule has 3 N–H and O–H groups in total. The summed E-state index contributed by atoms with van der Waals surface area (Å²) in [6.07, 6.45) is 2.02. The van der Waals surface area contributed by atoms with Gasteiger partial charge in [-0.2, -0.15) is 0 Å². The smallest absolute Gasteiger partial charge is 0.410 e. The third-order valence-electron chi connectivity index (χ3n) is 4.07. The highest BCUT2D eigenvalue weighted by Gasteiger charge is 2.28. The number of rotatable bonds is 2. The second-order valence-corrected chi connectivity index (χ2v) is 7.20. The Morgan fingerprint density at radius 1 is 1.08 bits per heavy atom. The van der Waals surface area contributed by atoms with Gasteiger partial charge in [0.2, 0.25) is 0 Å². The first kappa shape index (κ1) is 26.7. The van der Waals surface area contributed by atoms with Crippen molar-refractivity contribution in [1.82, 2.24) is 20.9 Å². The molecule has 25 heavy (non-hydrogen) atoms. The third-order valence-corrected chi connectivity index (χ3v) is 4.07. The van der Waals surface area contributed by atoms with E-state index in [1.54, 1.807) is 0 Å². The highest BCUT2D eigenvalue weighted by Crippen LogP contribution is 2.14. The van der Waals surface area contributed by atoms with Gasteiger partial charge in [0.15, 0.2) is 0 Å². The fourth-order valence-corrected chi connectivity index (χ4v) is 2.69. The van der Waals surface area contributed by atoms with Gasteiger partial charge in [-0.05, 0) is 33.6 Å². The van der Waals surface area contributed by atoms with Gasteiger partial charge < -0.3 is 25.6 Å². The topological polar surface area (TPSA) is 65.6 Å². The lowest BCUT2D eigenvalue weighted by Crippen LogP contribution is -2.54. The fourth-order valence-electron chi connectivity index (χ4n) is 2.69. The van der Waals surface area contributed by atoms with Crippen LogP contribution >= 0.6 is 12.4 Å². The maximum Gasteiger partial charge on any atom is 0.410 e. The summed E-state index contributed by atoms with van der Waals surface area (Å²) in [6, 6.07) is 0.998. The van der Waals surface area contributed by atoms with Gasteiger partial charge in [-0.3, -0.25) is 0 Å². The van der Waals surface area contributed by atoms with Crippen LogP contribution in [0.1, 0.15) is 54.9 Å². The van der Waals surface area contributed by atoms with E-state index < -0.39 is 5.60 Å². The monoisotopic (exact) mass is 380 g/mol. The minimum Gasteiger partial charge on any atom is -0.444 e. The molecule has 0 aliphatic carbocycles. The summed E-state index contributed by atoms with van der Waals surface area (Å²) in [5.74, 6) is 0. The molecule has 2 fully saturated rings. The van der Waals surface area contributed by atoms with Gasteiger partial charge >= 0.3 is 6.09 Å². The van der Waals surface area contributed by atoms with Gasteiger partial charge in [-0.25, -0.2) is 4.79 Å². The van der Waals surface area contributed by atoms with Gasteiger partial charge in [0.05, 0.1) is 0 Å². The van der Waals surface area contributed by atoms with Crippen molar-refractivity contribution in [3.63, 3.8) is 0 Å². The molecule has 0 unspecified atom stereocenters. The molecule has 0 bridgehead atoms. The van der Waals surface area contributed by atoms with Crippen LogP contribution in [0.2, 0.25) is 0 Å². The number of amides is 1. The van der Waals surface area contributed by atoms with Crippen LogP contribution in [-0.2, 0) is 4.74 Å². The normalized spacial score (nSPS) is 23.3. The van der Waals surface area contributed by atoms with Crippen molar-refractivity contribution in [2.75, 3.05) is 39.3 Å². The summed E-state index contributed by atoms with van der Waals surface area (Å²) in [5.41, 5.74) is -0.403. The first-order valence-corrected chi connectivity index (χ1v) is 9.01. The van der Waals surface area contributed by atoms with Crippen LogP contribution in [0.15, 0.2) is 0 Å². The maximum atomic E-state index is 11.9. The number of hydrogen-bond acceptors (Lipinski definition) is 5. The van der Waals surface area contributed by atoms with Crippen LogP contribution in [0.25, 0.3) is 0 Å². The number of nitrogens with zero attached hydrogens (tertiary/aromatic N) is 1. The van der Waals surface area contributed by atoms with Crippen LogP contribution < -0.4 is 16.0 Å². The zero-order chi connectivity index (χ0) is 17.3. The largest absolute Gasteiger partial charge is 0.444 e. The fraction of sp³-hybridized carbons (Fsp3) is 0.944. The van der Waals surface area contributed by atoms with Gasteiger partial charge in [0, 0.05) is 51.4 Å². The SMILES string of the molecule is C.CC[C@H]1CNCCN1.CC[C@H]1CNCCN1C(=O)OC(C)(C)C.Cl. The molecule has 0 radical (unpaired) electrons. The van der Waals surface area contributed by atoms with E-state index in [0.29, 0.717) is 0 Å². The van der Waals surface area contributed by atoms with Crippen LogP contribution in [-0.4, -0.2) is 67.9 Å². The van der Waals surface area contributed by atoms with Crippen LogP contribution in [0, 0.1) is 0 Å². The summed E-state index contributed by atoms with van der Waals surface area (Å²) in [7, 11) is 0. The van der Waals surface area contributed by atoms with Crippen molar-refractivity contribution >= 4 is 18.5 Å². The Morgan fingerprint density at radius 2 is 1.72 bits per heavy atom. The molecule has 2 saturated heterocycles. The van der Waals surface area contributed by atoms with Crippen molar-refractivity contribution in [3.8, 4) is 0 Å². The summed E-state index contributed by atoms with van der Waals surface area (Å²) in [5, 5.41) is 10.0. The molecule has 2 aliphatic heterocycles. The van der Waals surface area contributed by atoms with Gasteiger partial charge in [0.25, 0.3) is 0 Å². The van der Waals surface area contributed by atoms with Crippen molar-refractivity contribution in [3.05, 3.63) is 0 Å². The Balaban J connectivity index is 0. The number of piperazine rings is 2. The number of hydrogen-bond donors (Lipinski definition) is 3. The number of carbonyl (C=O) groups is 1. The van der Waals surface area contributed by atoms with E-state index in [4.69, 9.17) is 4.74 Å². The lowest BCUT2D eigenvalue weighted by molar-refractivity contribution is 0.0117. The number of halogens is 1. The molecule has 6 nitrogen and oxygen atoms in total. The van der Waals surface area contributed by atoms with Gasteiger partial charge in [0.1, 0.15) is 5.60 Å². The molecule has 0 aromatic rings. The second kappa shape index (κ2) is 13.6. The Bertz CT molecular complexity index is 344. The zero-order valence-electron chi connectivity index (χ0n) is 16.0. The highest BCUT2D eigenvalue weighted by atomic mass is 35.5. The molecule has 1 amide bonds. The van der Waals surface area contributed by atoms with Crippen LogP contribution in [0.3, 0.4) is 0 Å². The first-order valence-electron chi connectivity index (χ1n) is 9.01. The van der Waals surface area contributed by atoms with Crippen molar-refractivity contribution < 1.29 is 9.53 Å². The minimum absolute atomic E-state index is 0. The van der Waals surface area contributed by atoms with Gasteiger partial charge in [-0.1, -0.05) is 21.3 Å².